The highest BCUT2D eigenvalue weighted by molar-refractivity contribution is 7.89. The Hall–Kier alpha value is -4.51. The molecule has 19 nitrogen and oxygen atoms in total. The van der Waals surface area contributed by atoms with Crippen LogP contribution in [0.1, 0.15) is 36.4 Å². The second-order valence-electron chi connectivity index (χ2n) is 12.1. The molecule has 0 spiro atoms. The number of aliphatic hydroxyl groups is 3. The highest BCUT2D eigenvalue weighted by atomic mass is 35.5. The summed E-state index contributed by atoms with van der Waals surface area (Å²) in [6.07, 6.45) is -0.859. The number of ether oxygens (including phenoxy) is 1. The van der Waals surface area contributed by atoms with E-state index in [0.717, 1.165) is 24.2 Å². The maximum absolute atomic E-state index is 13.2. The lowest BCUT2D eigenvalue weighted by Gasteiger charge is -2.35. The zero-order chi connectivity index (χ0) is 36.4. The van der Waals surface area contributed by atoms with E-state index in [9.17, 15) is 27.8 Å². The van der Waals surface area contributed by atoms with Gasteiger partial charge in [-0.05, 0) is 44.0 Å². The highest BCUT2D eigenvalue weighted by Gasteiger charge is 2.44. The lowest BCUT2D eigenvalue weighted by atomic mass is 10.1. The van der Waals surface area contributed by atoms with Crippen LogP contribution >= 0.6 is 12.4 Å². The second kappa shape index (κ2) is 16.0. The number of amides is 1. The van der Waals surface area contributed by atoms with Gasteiger partial charge in [0.1, 0.15) is 24.1 Å². The SMILES string of the molecule is CCS(=O)(=O)N1CCN(c2ccc(Nc3ncc(C(N)=O)c(NC4CC4)n3)cc2)CC1.Cl.Nc1nc(F)nc2c1ncn2[C@@H]1O[C@H](CO)[C@@H](O)[C@@H]1O. The minimum atomic E-state index is -3.14. The second-order valence-corrected chi connectivity index (χ2v) is 14.4. The molecule has 3 aliphatic rings. The molecule has 2 aliphatic heterocycles. The van der Waals surface area contributed by atoms with E-state index in [1.165, 1.54) is 17.1 Å². The number of benzene rings is 1. The lowest BCUT2D eigenvalue weighted by molar-refractivity contribution is -0.0511. The first-order valence-corrected chi connectivity index (χ1v) is 17.8. The van der Waals surface area contributed by atoms with E-state index in [0.29, 0.717) is 44.0 Å². The minimum Gasteiger partial charge on any atom is -0.394 e. The number of carbonyl (C=O) groups excluding carboxylic acids is 1. The van der Waals surface area contributed by atoms with Crippen LogP contribution in [-0.4, -0.2) is 126 Å². The van der Waals surface area contributed by atoms with Crippen molar-refractivity contribution in [3.05, 3.63) is 48.4 Å². The van der Waals surface area contributed by atoms with Crippen LogP contribution in [0, 0.1) is 6.08 Å². The van der Waals surface area contributed by atoms with Crippen LogP contribution in [0.5, 0.6) is 0 Å². The van der Waals surface area contributed by atoms with E-state index < -0.39 is 53.2 Å². The van der Waals surface area contributed by atoms with Gasteiger partial charge >= 0.3 is 6.08 Å². The van der Waals surface area contributed by atoms with Gasteiger partial charge in [-0.1, -0.05) is 0 Å². The van der Waals surface area contributed by atoms with Gasteiger partial charge in [-0.15, -0.1) is 12.4 Å². The van der Waals surface area contributed by atoms with Gasteiger partial charge in [0.05, 0.1) is 24.3 Å². The van der Waals surface area contributed by atoms with Crippen molar-refractivity contribution in [3.63, 3.8) is 0 Å². The number of nitrogens with one attached hydrogen (secondary N) is 2. The normalized spacial score (nSPS) is 22.0. The molecule has 3 aromatic heterocycles. The van der Waals surface area contributed by atoms with Gasteiger partial charge in [-0.3, -0.25) is 9.36 Å². The molecule has 1 aliphatic carbocycles. The zero-order valence-corrected chi connectivity index (χ0v) is 29.5. The average Bonchev–Trinajstić information content (AvgIpc) is 3.76. The van der Waals surface area contributed by atoms with Crippen molar-refractivity contribution < 1.29 is 37.7 Å². The Morgan fingerprint density at radius 2 is 1.75 bits per heavy atom. The number of halogens is 2. The number of nitrogen functional groups attached to an aromatic ring is 1. The summed E-state index contributed by atoms with van der Waals surface area (Å²) >= 11 is 0. The Morgan fingerprint density at radius 3 is 2.35 bits per heavy atom. The monoisotopic (exact) mass is 766 g/mol. The molecule has 4 aromatic rings. The Balaban J connectivity index is 0.000000215. The molecule has 1 saturated carbocycles. The third-order valence-corrected chi connectivity index (χ3v) is 10.6. The first kappa shape index (κ1) is 38.7. The fourth-order valence-electron chi connectivity index (χ4n) is 5.65. The summed E-state index contributed by atoms with van der Waals surface area (Å²) in [5.74, 6) is 0.250. The van der Waals surface area contributed by atoms with E-state index in [1.807, 2.05) is 24.3 Å². The number of hydrogen-bond donors (Lipinski definition) is 7. The van der Waals surface area contributed by atoms with Crippen molar-refractivity contribution in [2.75, 3.05) is 59.8 Å². The molecule has 0 radical (unpaired) electrons. The van der Waals surface area contributed by atoms with Gasteiger partial charge in [0.2, 0.25) is 16.0 Å². The van der Waals surface area contributed by atoms with Crippen molar-refractivity contribution in [1.82, 2.24) is 33.8 Å². The van der Waals surface area contributed by atoms with E-state index >= 15 is 0 Å². The van der Waals surface area contributed by atoms with Crippen molar-refractivity contribution in [2.45, 2.75) is 50.3 Å². The first-order valence-electron chi connectivity index (χ1n) is 16.2. The summed E-state index contributed by atoms with van der Waals surface area (Å²) in [6, 6.07) is 8.13. The Morgan fingerprint density at radius 1 is 1.06 bits per heavy atom. The molecule has 3 fully saturated rings. The Kier molecular flexibility index (Phi) is 11.9. The fourth-order valence-corrected chi connectivity index (χ4v) is 6.74. The maximum atomic E-state index is 13.2. The number of anilines is 5. The largest absolute Gasteiger partial charge is 0.394 e. The molecular weight excluding hydrogens is 727 g/mol. The van der Waals surface area contributed by atoms with Crippen LogP contribution < -0.4 is 27.0 Å². The van der Waals surface area contributed by atoms with E-state index in [1.54, 1.807) is 11.2 Å². The third-order valence-electron chi connectivity index (χ3n) is 8.67. The summed E-state index contributed by atoms with van der Waals surface area (Å²) in [7, 11) is -3.14. The van der Waals surface area contributed by atoms with Gasteiger partial charge in [0.25, 0.3) is 5.91 Å². The molecule has 5 heterocycles. The van der Waals surface area contributed by atoms with E-state index in [-0.39, 0.29) is 40.7 Å². The van der Waals surface area contributed by atoms with Gasteiger partial charge in [0.15, 0.2) is 23.2 Å². The minimum absolute atomic E-state index is 0. The smallest absolute Gasteiger partial charge is 0.312 e. The zero-order valence-electron chi connectivity index (χ0n) is 27.9. The van der Waals surface area contributed by atoms with Crippen molar-refractivity contribution in [1.29, 1.82) is 0 Å². The number of primary amides is 1. The summed E-state index contributed by atoms with van der Waals surface area (Å²) in [6.45, 7) is 3.50. The molecule has 1 aromatic carbocycles. The van der Waals surface area contributed by atoms with Crippen LogP contribution in [0.15, 0.2) is 36.8 Å². The van der Waals surface area contributed by atoms with Crippen LogP contribution in [0.4, 0.5) is 33.3 Å². The highest BCUT2D eigenvalue weighted by Crippen LogP contribution is 2.32. The number of aliphatic hydroxyl groups excluding tert-OH is 3. The molecule has 9 N–H and O–H groups in total. The maximum Gasteiger partial charge on any atom is 0.312 e. The van der Waals surface area contributed by atoms with Crippen molar-refractivity contribution in [3.8, 4) is 0 Å². The predicted octanol–water partition coefficient (Wildman–Crippen LogP) is -0.0540. The van der Waals surface area contributed by atoms with Gasteiger partial charge in [-0.2, -0.15) is 23.6 Å². The molecule has 0 bridgehead atoms. The molecule has 0 unspecified atom stereocenters. The number of rotatable bonds is 10. The van der Waals surface area contributed by atoms with Crippen molar-refractivity contribution in [2.24, 2.45) is 5.73 Å². The molecule has 1 amide bonds. The van der Waals surface area contributed by atoms with Crippen LogP contribution in [0.25, 0.3) is 11.2 Å². The number of piperazine rings is 1. The number of hydrogen-bond acceptors (Lipinski definition) is 16. The quantitative estimate of drug-likeness (QED) is 0.104. The molecule has 282 valence electrons. The van der Waals surface area contributed by atoms with Gasteiger partial charge in [0, 0.05) is 49.8 Å². The summed E-state index contributed by atoms with van der Waals surface area (Å²) in [4.78, 5) is 33.2. The van der Waals surface area contributed by atoms with Crippen LogP contribution in [0.3, 0.4) is 0 Å². The topological polar surface area (TPSA) is 273 Å². The number of nitrogens with two attached hydrogens (primary N) is 2. The number of nitrogens with zero attached hydrogens (tertiary/aromatic N) is 8. The molecule has 52 heavy (non-hydrogen) atoms. The summed E-state index contributed by atoms with van der Waals surface area (Å²) in [5.41, 5.74) is 13.2. The number of imidazole rings is 1. The number of carbonyl (C=O) groups is 1. The van der Waals surface area contributed by atoms with E-state index in [4.69, 9.17) is 21.3 Å². The average molecular weight is 767 g/mol. The molecule has 7 rings (SSSR count). The number of sulfonamides is 1. The Bertz CT molecular complexity index is 1980. The van der Waals surface area contributed by atoms with Crippen LogP contribution in [0.2, 0.25) is 0 Å². The Labute approximate surface area is 303 Å². The molecule has 4 atom stereocenters. The standard InChI is InChI=1S/C20H27N7O3S.C10H12FN5O4.ClH/c1-2-31(29,30)27-11-9-26(10-12-27)16-7-5-15(6-8-16)24-20-22-13-17(18(21)28)19(25-20)23-14-3-4-14;11-10-14-7(12)4-8(15-10)16(2-13-4)9-6(19)5(18)3(1-17)20-9;/h5-8,13-14H,2-4,9-12H2,1H3,(H2,21,28)(H2,22,23,24,25);2-3,5-6,9,17-19H,1H2,(H2,12,14,15);1H/t;3-,5-,6+,9-;/m.1./s1. The number of aromatic nitrogens is 6. The van der Waals surface area contributed by atoms with Crippen molar-refractivity contribution >= 4 is 68.5 Å². The predicted molar refractivity (Wildman–Crippen MR) is 190 cm³/mol. The first-order chi connectivity index (χ1) is 24.4. The number of fused-ring (bicyclic) bond motifs is 1. The lowest BCUT2D eigenvalue weighted by Crippen LogP contribution is -2.49. The summed E-state index contributed by atoms with van der Waals surface area (Å²) < 4.78 is 45.4. The van der Waals surface area contributed by atoms with Gasteiger partial charge in [-0.25, -0.2) is 18.4 Å². The van der Waals surface area contributed by atoms with Crippen LogP contribution in [-0.2, 0) is 14.8 Å². The summed E-state index contributed by atoms with van der Waals surface area (Å²) in [5, 5.41) is 35.0. The molecular formula is C30H40ClFN12O7S. The third kappa shape index (κ3) is 8.41. The van der Waals surface area contributed by atoms with Gasteiger partial charge < -0.3 is 47.1 Å². The molecule has 22 heteroatoms. The fraction of sp³-hybridized carbons (Fsp3) is 0.467. The molecule has 2 saturated heterocycles. The van der Waals surface area contributed by atoms with E-state index in [2.05, 4.69) is 40.5 Å².